The van der Waals surface area contributed by atoms with Gasteiger partial charge in [-0.3, -0.25) is 4.55 Å². The normalized spacial score (nSPS) is 12.1. The summed E-state index contributed by atoms with van der Waals surface area (Å²) in [6, 6.07) is 8.19. The van der Waals surface area contributed by atoms with Gasteiger partial charge in [-0.25, -0.2) is 4.98 Å². The second kappa shape index (κ2) is 4.23. The molecule has 1 radical (unpaired) electrons. The molecular weight excluding hydrogens is 230 g/mol. The number of aromatic nitrogens is 1. The lowest BCUT2D eigenvalue weighted by Gasteiger charge is -1.93. The lowest BCUT2D eigenvalue weighted by atomic mass is 10.3. The summed E-state index contributed by atoms with van der Waals surface area (Å²) in [6.45, 7) is 0. The molecule has 0 unspecified atom stereocenters. The minimum absolute atomic E-state index is 0.282. The smallest absolute Gasteiger partial charge is 0.264 e. The minimum atomic E-state index is -3.90. The molecule has 0 aliphatic heterocycles. The second-order valence-electron chi connectivity index (χ2n) is 3.38. The third-order valence-corrected chi connectivity index (χ3v) is 2.86. The molecule has 2 aromatic rings. The van der Waals surface area contributed by atoms with Gasteiger partial charge in [-0.2, -0.15) is 8.42 Å². The molecule has 6 heteroatoms. The van der Waals surface area contributed by atoms with Crippen molar-refractivity contribution < 1.29 is 17.4 Å². The van der Waals surface area contributed by atoms with Gasteiger partial charge in [0.1, 0.15) is 5.52 Å². The average molecular weight is 240 g/mol. The molecule has 1 aromatic carbocycles. The molecule has 1 aromatic heterocycles. The van der Waals surface area contributed by atoms with Gasteiger partial charge in [0.15, 0.2) is 11.5 Å². The summed E-state index contributed by atoms with van der Waals surface area (Å²) in [4.78, 5) is 4.13. The van der Waals surface area contributed by atoms with Crippen molar-refractivity contribution in [1.29, 1.82) is 0 Å². The van der Waals surface area contributed by atoms with Crippen LogP contribution in [0, 0.1) is 6.07 Å². The van der Waals surface area contributed by atoms with Gasteiger partial charge in [-0.05, 0) is 12.5 Å². The van der Waals surface area contributed by atoms with E-state index in [-0.39, 0.29) is 12.2 Å². The number of hydrogen-bond donors (Lipinski definition) is 1. The van der Waals surface area contributed by atoms with E-state index in [1.807, 2.05) is 0 Å². The van der Waals surface area contributed by atoms with E-state index in [9.17, 15) is 8.42 Å². The Kier molecular flexibility index (Phi) is 2.93. The molecule has 0 bridgehead atoms. The summed E-state index contributed by atoms with van der Waals surface area (Å²) in [6.07, 6.45) is 0.661. The molecule has 0 aliphatic rings. The standard InChI is InChI=1S/C10H10NO4S/c12-16(13,14)7-3-6-10-11-8-4-1-2-5-9(8)15-10/h1-2,5H,3,6-7H2,(H,12,13,14). The van der Waals surface area contributed by atoms with Crippen molar-refractivity contribution >= 4 is 21.2 Å². The highest BCUT2D eigenvalue weighted by Gasteiger charge is 2.08. The van der Waals surface area contributed by atoms with E-state index in [1.54, 1.807) is 18.2 Å². The summed E-state index contributed by atoms with van der Waals surface area (Å²) in [5, 5.41) is 0. The predicted octanol–water partition coefficient (Wildman–Crippen LogP) is 1.45. The van der Waals surface area contributed by atoms with Crippen LogP contribution in [0.2, 0.25) is 0 Å². The maximum Gasteiger partial charge on any atom is 0.264 e. The summed E-state index contributed by atoms with van der Waals surface area (Å²) >= 11 is 0. The minimum Gasteiger partial charge on any atom is -0.441 e. The van der Waals surface area contributed by atoms with Crippen LogP contribution in [0.15, 0.2) is 22.6 Å². The first-order valence-electron chi connectivity index (χ1n) is 4.76. The van der Waals surface area contributed by atoms with Crippen LogP contribution in [-0.4, -0.2) is 23.7 Å². The molecule has 0 spiro atoms. The van der Waals surface area contributed by atoms with Crippen molar-refractivity contribution in [1.82, 2.24) is 4.98 Å². The van der Waals surface area contributed by atoms with Crippen molar-refractivity contribution in [2.24, 2.45) is 0 Å². The molecule has 1 heterocycles. The summed E-state index contributed by atoms with van der Waals surface area (Å²) in [7, 11) is -3.90. The quantitative estimate of drug-likeness (QED) is 0.818. The number of oxazole rings is 1. The molecule has 16 heavy (non-hydrogen) atoms. The van der Waals surface area contributed by atoms with Gasteiger partial charge in [-0.1, -0.05) is 12.1 Å². The first-order valence-corrected chi connectivity index (χ1v) is 6.37. The largest absolute Gasteiger partial charge is 0.441 e. The summed E-state index contributed by atoms with van der Waals surface area (Å²) < 4.78 is 34.9. The molecule has 0 atom stereocenters. The molecule has 0 saturated heterocycles. The third kappa shape index (κ3) is 2.80. The maximum absolute atomic E-state index is 10.5. The zero-order valence-corrected chi connectivity index (χ0v) is 9.20. The number of fused-ring (bicyclic) bond motifs is 1. The Morgan fingerprint density at radius 2 is 2.31 bits per heavy atom. The fourth-order valence-corrected chi connectivity index (χ4v) is 1.88. The van der Waals surface area contributed by atoms with Crippen molar-refractivity contribution in [3.63, 3.8) is 0 Å². The third-order valence-electron chi connectivity index (χ3n) is 2.05. The molecular formula is C10H10NO4S. The number of hydrogen-bond acceptors (Lipinski definition) is 4. The van der Waals surface area contributed by atoms with Crippen molar-refractivity contribution in [2.75, 3.05) is 5.75 Å². The first kappa shape index (κ1) is 11.1. The average Bonchev–Trinajstić information content (AvgIpc) is 2.57. The van der Waals surface area contributed by atoms with E-state index < -0.39 is 10.1 Å². The molecule has 1 N–H and O–H groups in total. The van der Waals surface area contributed by atoms with E-state index >= 15 is 0 Å². The highest BCUT2D eigenvalue weighted by Crippen LogP contribution is 2.15. The van der Waals surface area contributed by atoms with Crippen molar-refractivity contribution in [3.05, 3.63) is 30.2 Å². The van der Waals surface area contributed by atoms with E-state index in [4.69, 9.17) is 8.97 Å². The Morgan fingerprint density at radius 1 is 1.50 bits per heavy atom. The van der Waals surface area contributed by atoms with Gasteiger partial charge in [0.25, 0.3) is 10.1 Å². The molecule has 2 rings (SSSR count). The molecule has 0 fully saturated rings. The highest BCUT2D eigenvalue weighted by atomic mass is 32.2. The lowest BCUT2D eigenvalue weighted by molar-refractivity contribution is 0.477. The van der Waals surface area contributed by atoms with E-state index in [1.165, 1.54) is 0 Å². The monoisotopic (exact) mass is 240 g/mol. The Balaban J connectivity index is 2.05. The highest BCUT2D eigenvalue weighted by molar-refractivity contribution is 7.85. The van der Waals surface area contributed by atoms with Crippen LogP contribution >= 0.6 is 0 Å². The number of nitrogens with zero attached hydrogens (tertiary/aromatic N) is 1. The van der Waals surface area contributed by atoms with Crippen LogP contribution in [0.5, 0.6) is 0 Å². The van der Waals surface area contributed by atoms with E-state index in [2.05, 4.69) is 11.1 Å². The number of rotatable bonds is 4. The first-order chi connectivity index (χ1) is 7.54. The van der Waals surface area contributed by atoms with Crippen LogP contribution in [0.4, 0.5) is 0 Å². The fourth-order valence-electron chi connectivity index (χ4n) is 1.37. The predicted molar refractivity (Wildman–Crippen MR) is 57.6 cm³/mol. The number of para-hydroxylation sites is 1. The molecule has 0 amide bonds. The van der Waals surface area contributed by atoms with Gasteiger partial charge >= 0.3 is 0 Å². The van der Waals surface area contributed by atoms with Crippen LogP contribution < -0.4 is 0 Å². The summed E-state index contributed by atoms with van der Waals surface area (Å²) in [5.41, 5.74) is 1.26. The number of aryl methyl sites for hydroxylation is 1. The molecule has 85 valence electrons. The van der Waals surface area contributed by atoms with Gasteiger partial charge in [-0.15, -0.1) is 0 Å². The maximum atomic E-state index is 10.5. The Hall–Kier alpha value is -1.40. The Labute approximate surface area is 92.9 Å². The van der Waals surface area contributed by atoms with E-state index in [0.29, 0.717) is 23.4 Å². The Morgan fingerprint density at radius 3 is 3.00 bits per heavy atom. The summed E-state index contributed by atoms with van der Waals surface area (Å²) in [5.74, 6) is 0.177. The van der Waals surface area contributed by atoms with Crippen LogP contribution in [-0.2, 0) is 16.5 Å². The van der Waals surface area contributed by atoms with Gasteiger partial charge in [0.2, 0.25) is 0 Å². The lowest BCUT2D eigenvalue weighted by Crippen LogP contribution is -2.04. The van der Waals surface area contributed by atoms with Gasteiger partial charge in [0.05, 0.1) is 5.75 Å². The fraction of sp³-hybridized carbons (Fsp3) is 0.300. The molecule has 5 nitrogen and oxygen atoms in total. The van der Waals surface area contributed by atoms with Crippen molar-refractivity contribution in [3.8, 4) is 0 Å². The molecule has 0 aliphatic carbocycles. The SMILES string of the molecule is O=S(=O)(O)CCCc1nc2[c]cccc2o1. The van der Waals surface area contributed by atoms with E-state index in [0.717, 1.165) is 0 Å². The Bertz CT molecular complexity index is 555. The van der Waals surface area contributed by atoms with Crippen molar-refractivity contribution in [2.45, 2.75) is 12.8 Å². The topological polar surface area (TPSA) is 80.4 Å². The van der Waals surface area contributed by atoms with Crippen LogP contribution in [0.3, 0.4) is 0 Å². The molecule has 0 saturated carbocycles. The van der Waals surface area contributed by atoms with Crippen LogP contribution in [0.1, 0.15) is 12.3 Å². The number of benzene rings is 1. The zero-order valence-electron chi connectivity index (χ0n) is 8.38. The second-order valence-corrected chi connectivity index (χ2v) is 4.95. The van der Waals surface area contributed by atoms with Gasteiger partial charge in [0, 0.05) is 12.5 Å². The van der Waals surface area contributed by atoms with Gasteiger partial charge < -0.3 is 4.42 Å². The zero-order chi connectivity index (χ0) is 11.6. The van der Waals surface area contributed by atoms with Crippen LogP contribution in [0.25, 0.3) is 11.1 Å².